The Morgan fingerprint density at radius 1 is 1.16 bits per heavy atom. The number of rotatable bonds is 6. The number of amides is 2. The van der Waals surface area contributed by atoms with E-state index in [-0.39, 0.29) is 16.7 Å². The van der Waals surface area contributed by atoms with E-state index in [4.69, 9.17) is 0 Å². The zero-order chi connectivity index (χ0) is 22.2. The lowest BCUT2D eigenvalue weighted by Gasteiger charge is -2.28. The molecule has 2 aliphatic heterocycles. The highest BCUT2D eigenvalue weighted by Crippen LogP contribution is 2.33. The molecule has 0 unspecified atom stereocenters. The van der Waals surface area contributed by atoms with Gasteiger partial charge >= 0.3 is 0 Å². The minimum Gasteiger partial charge on any atom is -0.326 e. The van der Waals surface area contributed by atoms with Crippen molar-refractivity contribution in [1.29, 1.82) is 0 Å². The van der Waals surface area contributed by atoms with Crippen LogP contribution in [0.15, 0.2) is 40.6 Å². The van der Waals surface area contributed by atoms with Crippen molar-refractivity contribution in [3.8, 4) is 0 Å². The summed E-state index contributed by atoms with van der Waals surface area (Å²) in [7, 11) is -3.54. The normalized spacial score (nSPS) is 18.6. The van der Waals surface area contributed by atoms with Gasteiger partial charge in [0, 0.05) is 31.9 Å². The number of hydrogen-bond acceptors (Lipinski definition) is 5. The van der Waals surface area contributed by atoms with Crippen molar-refractivity contribution in [3.63, 3.8) is 0 Å². The molecule has 2 amide bonds. The van der Waals surface area contributed by atoms with Gasteiger partial charge in [0.05, 0.1) is 9.77 Å². The first-order valence-electron chi connectivity index (χ1n) is 10.7. The summed E-state index contributed by atoms with van der Waals surface area (Å²) < 4.78 is 27.1. The van der Waals surface area contributed by atoms with Crippen LogP contribution in [0.2, 0.25) is 0 Å². The molecular weight excluding hydrogens is 434 g/mol. The molecule has 0 N–H and O–H groups in total. The van der Waals surface area contributed by atoms with Gasteiger partial charge in [0.25, 0.3) is 5.91 Å². The third-order valence-electron chi connectivity index (χ3n) is 6.09. The third-order valence-corrected chi connectivity index (χ3v) is 8.99. The number of benzene rings is 1. The first-order valence-corrected chi connectivity index (χ1v) is 13.0. The molecular formula is C22H27N3O4S2. The summed E-state index contributed by atoms with van der Waals surface area (Å²) >= 11 is 1.39. The van der Waals surface area contributed by atoms with E-state index in [1.165, 1.54) is 15.6 Å². The Morgan fingerprint density at radius 2 is 1.94 bits per heavy atom. The van der Waals surface area contributed by atoms with Gasteiger partial charge in [0.2, 0.25) is 15.9 Å². The highest BCUT2D eigenvalue weighted by atomic mass is 32.2. The van der Waals surface area contributed by atoms with Crippen molar-refractivity contribution < 1.29 is 18.0 Å². The molecule has 166 valence electrons. The van der Waals surface area contributed by atoms with E-state index < -0.39 is 16.1 Å². The van der Waals surface area contributed by atoms with E-state index in [0.29, 0.717) is 43.9 Å². The van der Waals surface area contributed by atoms with Gasteiger partial charge in [0.1, 0.15) is 6.04 Å². The maximum absolute atomic E-state index is 13.4. The van der Waals surface area contributed by atoms with E-state index in [1.807, 2.05) is 25.3 Å². The summed E-state index contributed by atoms with van der Waals surface area (Å²) in [6.45, 7) is 5.54. The summed E-state index contributed by atoms with van der Waals surface area (Å²) in [4.78, 5) is 30.6. The summed E-state index contributed by atoms with van der Waals surface area (Å²) in [5.74, 6) is -0.175. The Kier molecular flexibility index (Phi) is 6.18. The van der Waals surface area contributed by atoms with Crippen LogP contribution in [0.3, 0.4) is 0 Å². The van der Waals surface area contributed by atoms with E-state index in [9.17, 15) is 18.0 Å². The highest BCUT2D eigenvalue weighted by molar-refractivity contribution is 7.89. The molecule has 1 aromatic carbocycles. The fourth-order valence-electron chi connectivity index (χ4n) is 4.47. The van der Waals surface area contributed by atoms with Gasteiger partial charge in [-0.25, -0.2) is 8.42 Å². The number of hydrogen-bond donors (Lipinski definition) is 0. The molecule has 3 heterocycles. The lowest BCUT2D eigenvalue weighted by atomic mass is 10.1. The Bertz CT molecular complexity index is 1080. The SMILES string of the molecule is CCN(CC)S(=O)(=O)c1ccc2c(c1)CCN2C(=O)[C@@H]1CCCN1C(=O)c1cccs1. The van der Waals surface area contributed by atoms with Gasteiger partial charge in [-0.1, -0.05) is 19.9 Å². The quantitative estimate of drug-likeness (QED) is 0.663. The van der Waals surface area contributed by atoms with E-state index >= 15 is 0 Å². The number of carbonyl (C=O) groups is 2. The van der Waals surface area contributed by atoms with E-state index in [1.54, 1.807) is 34.1 Å². The second kappa shape index (κ2) is 8.72. The van der Waals surface area contributed by atoms with Gasteiger partial charge in [-0.05, 0) is 54.5 Å². The second-order valence-corrected chi connectivity index (χ2v) is 10.6. The number of fused-ring (bicyclic) bond motifs is 1. The molecule has 4 rings (SSSR count). The number of anilines is 1. The van der Waals surface area contributed by atoms with Crippen molar-refractivity contribution in [1.82, 2.24) is 9.21 Å². The molecule has 0 spiro atoms. The molecule has 0 aliphatic carbocycles. The predicted octanol–water partition coefficient (Wildman–Crippen LogP) is 2.97. The summed E-state index contributed by atoms with van der Waals surface area (Å²) in [6.07, 6.45) is 2.06. The maximum atomic E-state index is 13.4. The molecule has 2 aromatic rings. The lowest BCUT2D eigenvalue weighted by Crippen LogP contribution is -2.47. The van der Waals surface area contributed by atoms with Crippen LogP contribution in [-0.4, -0.2) is 61.7 Å². The fraction of sp³-hybridized carbons (Fsp3) is 0.455. The molecule has 7 nitrogen and oxygen atoms in total. The molecule has 1 atom stereocenters. The van der Waals surface area contributed by atoms with Crippen molar-refractivity contribution in [2.45, 2.75) is 44.0 Å². The average molecular weight is 462 g/mol. The minimum atomic E-state index is -3.54. The Hall–Kier alpha value is -2.23. The van der Waals surface area contributed by atoms with Crippen LogP contribution in [-0.2, 0) is 21.2 Å². The monoisotopic (exact) mass is 461 g/mol. The van der Waals surface area contributed by atoms with Crippen molar-refractivity contribution in [2.75, 3.05) is 31.1 Å². The molecule has 2 aliphatic rings. The van der Waals surface area contributed by atoms with Gasteiger partial charge in [-0.3, -0.25) is 9.59 Å². The Morgan fingerprint density at radius 3 is 2.61 bits per heavy atom. The molecule has 1 fully saturated rings. The van der Waals surface area contributed by atoms with Crippen molar-refractivity contribution in [2.24, 2.45) is 0 Å². The van der Waals surface area contributed by atoms with Crippen LogP contribution in [0.5, 0.6) is 0 Å². The summed E-state index contributed by atoms with van der Waals surface area (Å²) in [5, 5.41) is 1.86. The van der Waals surface area contributed by atoms with Gasteiger partial charge in [-0.2, -0.15) is 4.31 Å². The van der Waals surface area contributed by atoms with Crippen LogP contribution in [0, 0.1) is 0 Å². The topological polar surface area (TPSA) is 78.0 Å². The number of carbonyl (C=O) groups excluding carboxylic acids is 2. The Labute approximate surface area is 187 Å². The smallest absolute Gasteiger partial charge is 0.264 e. The highest BCUT2D eigenvalue weighted by Gasteiger charge is 2.39. The van der Waals surface area contributed by atoms with Crippen molar-refractivity contribution in [3.05, 3.63) is 46.2 Å². The van der Waals surface area contributed by atoms with Crippen molar-refractivity contribution >= 4 is 38.9 Å². The van der Waals surface area contributed by atoms with Gasteiger partial charge < -0.3 is 9.80 Å². The third kappa shape index (κ3) is 3.90. The average Bonchev–Trinajstić information content (AvgIpc) is 3.53. The van der Waals surface area contributed by atoms with Crippen LogP contribution < -0.4 is 4.90 Å². The fourth-order valence-corrected chi connectivity index (χ4v) is 6.66. The Balaban J connectivity index is 1.57. The first-order chi connectivity index (χ1) is 14.9. The summed E-state index contributed by atoms with van der Waals surface area (Å²) in [6, 6.07) is 8.17. The molecule has 0 saturated carbocycles. The number of nitrogens with zero attached hydrogens (tertiary/aromatic N) is 3. The zero-order valence-corrected chi connectivity index (χ0v) is 19.4. The lowest BCUT2D eigenvalue weighted by molar-refractivity contribution is -0.122. The molecule has 31 heavy (non-hydrogen) atoms. The number of sulfonamides is 1. The van der Waals surface area contributed by atoms with Crippen LogP contribution >= 0.6 is 11.3 Å². The van der Waals surface area contributed by atoms with E-state index in [0.717, 1.165) is 17.7 Å². The van der Waals surface area contributed by atoms with Gasteiger partial charge in [-0.15, -0.1) is 11.3 Å². The zero-order valence-electron chi connectivity index (χ0n) is 17.8. The number of likely N-dealkylation sites (tertiary alicyclic amines) is 1. The standard InChI is InChI=1S/C22H27N3O4S2/c1-3-23(4-2)31(28,29)17-9-10-18-16(15-17)11-13-25(18)21(26)19-7-5-12-24(19)22(27)20-8-6-14-30-20/h6,8-10,14-15,19H,3-5,7,11-13H2,1-2H3/t19-/m0/s1. The van der Waals surface area contributed by atoms with Crippen LogP contribution in [0.4, 0.5) is 5.69 Å². The summed E-state index contributed by atoms with van der Waals surface area (Å²) in [5.41, 5.74) is 1.61. The second-order valence-electron chi connectivity index (χ2n) is 7.75. The predicted molar refractivity (Wildman–Crippen MR) is 121 cm³/mol. The van der Waals surface area contributed by atoms with E-state index in [2.05, 4.69) is 0 Å². The molecule has 1 saturated heterocycles. The van der Waals surface area contributed by atoms with Crippen LogP contribution in [0.1, 0.15) is 41.9 Å². The first kappa shape index (κ1) is 22.0. The molecule has 0 radical (unpaired) electrons. The molecule has 9 heteroatoms. The minimum absolute atomic E-state index is 0.0829. The maximum Gasteiger partial charge on any atom is 0.264 e. The largest absolute Gasteiger partial charge is 0.326 e. The number of thiophene rings is 1. The van der Waals surface area contributed by atoms with Crippen LogP contribution in [0.25, 0.3) is 0 Å². The van der Waals surface area contributed by atoms with Gasteiger partial charge in [0.15, 0.2) is 0 Å². The molecule has 0 bridgehead atoms. The molecule has 1 aromatic heterocycles.